The number of hydrogen-bond acceptors (Lipinski definition) is 4. The Balaban J connectivity index is 2.04. The molecule has 5 nitrogen and oxygen atoms in total. The van der Waals surface area contributed by atoms with Crippen molar-refractivity contribution in [2.45, 2.75) is 24.8 Å². The topological polar surface area (TPSA) is 68.2 Å². The van der Waals surface area contributed by atoms with Crippen LogP contribution in [0.1, 0.15) is 19.9 Å². The van der Waals surface area contributed by atoms with E-state index in [1.165, 1.54) is 6.07 Å². The second-order valence-electron chi connectivity index (χ2n) is 5.58. The molecule has 1 aromatic heterocycles. The third kappa shape index (κ3) is 3.26. The van der Waals surface area contributed by atoms with Crippen molar-refractivity contribution < 1.29 is 8.42 Å². The van der Waals surface area contributed by atoms with Crippen LogP contribution in [0, 0.1) is 0 Å². The SMILES string of the molecule is CC(C)n1c(=O)sc2cc(S(=O)(=O)Nc3cccc(Br)c3)ccc21. The molecular formula is C16H15BrN2O3S2. The zero-order valence-corrected chi connectivity index (χ0v) is 16.2. The number of hydrogen-bond donors (Lipinski definition) is 1. The number of thiazole rings is 1. The van der Waals surface area contributed by atoms with Crippen molar-refractivity contribution in [2.75, 3.05) is 4.72 Å². The summed E-state index contributed by atoms with van der Waals surface area (Å²) in [5.74, 6) is 0. The van der Waals surface area contributed by atoms with Crippen LogP contribution >= 0.6 is 27.3 Å². The van der Waals surface area contributed by atoms with E-state index in [2.05, 4.69) is 20.7 Å². The van der Waals surface area contributed by atoms with Crippen LogP contribution < -0.4 is 9.60 Å². The molecule has 0 bridgehead atoms. The normalized spacial score (nSPS) is 12.0. The molecule has 0 atom stereocenters. The molecule has 0 radical (unpaired) electrons. The molecule has 3 aromatic rings. The quantitative estimate of drug-likeness (QED) is 0.679. The Kier molecular flexibility index (Phi) is 4.54. The fourth-order valence-electron chi connectivity index (χ4n) is 2.44. The number of benzene rings is 2. The lowest BCUT2D eigenvalue weighted by Crippen LogP contribution is -2.15. The minimum atomic E-state index is -3.72. The molecule has 0 aliphatic heterocycles. The lowest BCUT2D eigenvalue weighted by atomic mass is 10.3. The number of aromatic nitrogens is 1. The number of anilines is 1. The summed E-state index contributed by atoms with van der Waals surface area (Å²) in [5.41, 5.74) is 1.22. The molecule has 8 heteroatoms. The molecule has 1 N–H and O–H groups in total. The second-order valence-corrected chi connectivity index (χ2v) is 9.17. The van der Waals surface area contributed by atoms with Gasteiger partial charge in [0.2, 0.25) is 0 Å². The summed E-state index contributed by atoms with van der Waals surface area (Å²) in [5, 5.41) is 0. The summed E-state index contributed by atoms with van der Waals surface area (Å²) >= 11 is 4.37. The number of fused-ring (bicyclic) bond motifs is 1. The molecule has 24 heavy (non-hydrogen) atoms. The summed E-state index contributed by atoms with van der Waals surface area (Å²) in [6, 6.07) is 11.7. The van der Waals surface area contributed by atoms with Crippen LogP contribution in [0.4, 0.5) is 5.69 Å². The van der Waals surface area contributed by atoms with Gasteiger partial charge in [-0.2, -0.15) is 0 Å². The molecule has 0 fully saturated rings. The molecule has 126 valence electrons. The maximum absolute atomic E-state index is 12.6. The van der Waals surface area contributed by atoms with Crippen molar-refractivity contribution in [3.05, 3.63) is 56.6 Å². The Labute approximate surface area is 152 Å². The van der Waals surface area contributed by atoms with Crippen LogP contribution in [0.2, 0.25) is 0 Å². The summed E-state index contributed by atoms with van der Waals surface area (Å²) in [4.78, 5) is 12.1. The maximum atomic E-state index is 12.6. The highest BCUT2D eigenvalue weighted by Gasteiger charge is 2.18. The van der Waals surface area contributed by atoms with Crippen molar-refractivity contribution in [3.8, 4) is 0 Å². The lowest BCUT2D eigenvalue weighted by molar-refractivity contribution is 0.601. The molecule has 0 aliphatic rings. The van der Waals surface area contributed by atoms with E-state index in [0.717, 1.165) is 21.3 Å². The van der Waals surface area contributed by atoms with E-state index in [1.54, 1.807) is 34.9 Å². The molecular weight excluding hydrogens is 412 g/mol. The molecule has 0 unspecified atom stereocenters. The Morgan fingerprint density at radius 1 is 1.17 bits per heavy atom. The van der Waals surface area contributed by atoms with E-state index in [1.807, 2.05) is 19.9 Å². The predicted molar refractivity (Wildman–Crippen MR) is 101 cm³/mol. The van der Waals surface area contributed by atoms with Gasteiger partial charge >= 0.3 is 4.87 Å². The van der Waals surface area contributed by atoms with E-state index in [9.17, 15) is 13.2 Å². The minimum Gasteiger partial charge on any atom is -0.296 e. The van der Waals surface area contributed by atoms with E-state index in [4.69, 9.17) is 0 Å². The summed E-state index contributed by atoms with van der Waals surface area (Å²) in [6.07, 6.45) is 0. The average molecular weight is 427 g/mol. The molecule has 0 amide bonds. The molecule has 3 rings (SSSR count). The summed E-state index contributed by atoms with van der Waals surface area (Å²) < 4.78 is 30.8. The van der Waals surface area contributed by atoms with Gasteiger partial charge in [0, 0.05) is 16.2 Å². The molecule has 0 saturated carbocycles. The molecule has 2 aromatic carbocycles. The number of nitrogens with zero attached hydrogens (tertiary/aromatic N) is 1. The predicted octanol–water partition coefficient (Wildman–Crippen LogP) is 4.21. The standard InChI is InChI=1S/C16H15BrN2O3S2/c1-10(2)19-14-7-6-13(9-15(14)23-16(19)20)24(21,22)18-12-5-3-4-11(17)8-12/h3-10,18H,1-2H3. The largest absolute Gasteiger partial charge is 0.308 e. The van der Waals surface area contributed by atoms with Gasteiger partial charge in [-0.1, -0.05) is 33.3 Å². The first kappa shape index (κ1) is 17.2. The smallest absolute Gasteiger partial charge is 0.296 e. The number of nitrogens with one attached hydrogen (secondary N) is 1. The fraction of sp³-hybridized carbons (Fsp3) is 0.188. The molecule has 1 heterocycles. The lowest BCUT2D eigenvalue weighted by Gasteiger charge is -2.10. The van der Waals surface area contributed by atoms with Crippen molar-refractivity contribution in [1.29, 1.82) is 0 Å². The molecule has 0 aliphatic carbocycles. The van der Waals surface area contributed by atoms with Gasteiger partial charge in [-0.15, -0.1) is 0 Å². The van der Waals surface area contributed by atoms with E-state index in [0.29, 0.717) is 10.4 Å². The number of rotatable bonds is 4. The maximum Gasteiger partial charge on any atom is 0.308 e. The van der Waals surface area contributed by atoms with Gasteiger partial charge in [0.1, 0.15) is 0 Å². The van der Waals surface area contributed by atoms with Gasteiger partial charge in [0.25, 0.3) is 10.0 Å². The van der Waals surface area contributed by atoms with Crippen LogP contribution in [0.25, 0.3) is 10.2 Å². The van der Waals surface area contributed by atoms with Crippen LogP contribution in [-0.4, -0.2) is 13.0 Å². The Morgan fingerprint density at radius 2 is 1.92 bits per heavy atom. The van der Waals surface area contributed by atoms with Crippen molar-refractivity contribution >= 4 is 53.2 Å². The Bertz CT molecular complexity index is 1070. The van der Waals surface area contributed by atoms with Gasteiger partial charge in [0.05, 0.1) is 15.1 Å². The van der Waals surface area contributed by atoms with Gasteiger partial charge < -0.3 is 0 Å². The summed E-state index contributed by atoms with van der Waals surface area (Å²) in [7, 11) is -3.72. The van der Waals surface area contributed by atoms with Crippen LogP contribution in [0.5, 0.6) is 0 Å². The van der Waals surface area contributed by atoms with Gasteiger partial charge in [0.15, 0.2) is 0 Å². The summed E-state index contributed by atoms with van der Waals surface area (Å²) in [6.45, 7) is 3.85. The van der Waals surface area contributed by atoms with Crippen LogP contribution in [-0.2, 0) is 10.0 Å². The Hall–Kier alpha value is -1.64. The van der Waals surface area contributed by atoms with E-state index in [-0.39, 0.29) is 15.8 Å². The third-order valence-electron chi connectivity index (χ3n) is 3.49. The Morgan fingerprint density at radius 3 is 2.58 bits per heavy atom. The minimum absolute atomic E-state index is 0.0218. The average Bonchev–Trinajstić information content (AvgIpc) is 2.81. The first-order valence-corrected chi connectivity index (χ1v) is 10.3. The zero-order valence-electron chi connectivity index (χ0n) is 13.0. The van der Waals surface area contributed by atoms with Gasteiger partial charge in [-0.05, 0) is 50.2 Å². The molecule has 0 spiro atoms. The highest BCUT2D eigenvalue weighted by molar-refractivity contribution is 9.10. The highest BCUT2D eigenvalue weighted by atomic mass is 79.9. The van der Waals surface area contributed by atoms with E-state index >= 15 is 0 Å². The van der Waals surface area contributed by atoms with Crippen LogP contribution in [0.15, 0.2) is 56.6 Å². The molecule has 0 saturated heterocycles. The third-order valence-corrected chi connectivity index (χ3v) is 6.28. The van der Waals surface area contributed by atoms with Crippen molar-refractivity contribution in [1.82, 2.24) is 4.57 Å². The van der Waals surface area contributed by atoms with E-state index < -0.39 is 10.0 Å². The van der Waals surface area contributed by atoms with Crippen molar-refractivity contribution in [2.24, 2.45) is 0 Å². The zero-order chi connectivity index (χ0) is 17.5. The first-order chi connectivity index (χ1) is 11.3. The van der Waals surface area contributed by atoms with Crippen LogP contribution in [0.3, 0.4) is 0 Å². The number of sulfonamides is 1. The monoisotopic (exact) mass is 426 g/mol. The van der Waals surface area contributed by atoms with Gasteiger partial charge in [-0.3, -0.25) is 14.1 Å². The van der Waals surface area contributed by atoms with Crippen molar-refractivity contribution in [3.63, 3.8) is 0 Å². The first-order valence-electron chi connectivity index (χ1n) is 7.21. The number of halogens is 1. The second kappa shape index (κ2) is 6.34. The van der Waals surface area contributed by atoms with Gasteiger partial charge in [-0.25, -0.2) is 8.42 Å². The fourth-order valence-corrected chi connectivity index (χ4v) is 5.04. The highest BCUT2D eigenvalue weighted by Crippen LogP contribution is 2.25.